The molecule has 1 amide bonds. The maximum absolute atomic E-state index is 12.9. The van der Waals surface area contributed by atoms with Crippen LogP contribution in [-0.4, -0.2) is 31.1 Å². The van der Waals surface area contributed by atoms with E-state index in [1.54, 1.807) is 0 Å². The number of benzene rings is 2. The summed E-state index contributed by atoms with van der Waals surface area (Å²) in [4.78, 5) is 22.8. The highest BCUT2D eigenvalue weighted by Gasteiger charge is 2.17. The highest BCUT2D eigenvalue weighted by Crippen LogP contribution is 2.26. The molecule has 2 N–H and O–H groups in total. The predicted octanol–water partition coefficient (Wildman–Crippen LogP) is 3.04. The first-order valence-electron chi connectivity index (χ1n) is 7.09. The van der Waals surface area contributed by atoms with Gasteiger partial charge in [0.05, 0.1) is 11.5 Å². The maximum atomic E-state index is 12.9. The molecule has 7 nitrogen and oxygen atoms in total. The molecule has 0 aliphatic rings. The average molecular weight is 333 g/mol. The Labute approximate surface area is 137 Å². The molecule has 0 saturated heterocycles. The molecule has 0 radical (unpaired) electrons. The predicted molar refractivity (Wildman–Crippen MR) is 87.8 cm³/mol. The number of methoxy groups -OCH3 is 1. The Kier molecular flexibility index (Phi) is 5.80. The van der Waals surface area contributed by atoms with E-state index in [1.165, 1.54) is 49.6 Å². The summed E-state index contributed by atoms with van der Waals surface area (Å²) in [5, 5.41) is 16.6. The van der Waals surface area contributed by atoms with Crippen LogP contribution in [0.5, 0.6) is 0 Å². The van der Waals surface area contributed by atoms with E-state index in [2.05, 4.69) is 10.6 Å². The molecule has 0 fully saturated rings. The lowest BCUT2D eigenvalue weighted by molar-refractivity contribution is -0.384. The second-order valence-corrected chi connectivity index (χ2v) is 4.87. The van der Waals surface area contributed by atoms with Crippen LogP contribution in [0.3, 0.4) is 0 Å². The SMILES string of the molecule is COCCNc1ccc(C(=O)Nc2ccc(F)cc2)cc1[N+](=O)[O-]. The second kappa shape index (κ2) is 8.02. The summed E-state index contributed by atoms with van der Waals surface area (Å²) in [7, 11) is 1.53. The molecule has 0 bridgehead atoms. The van der Waals surface area contributed by atoms with Gasteiger partial charge in [-0.25, -0.2) is 4.39 Å². The van der Waals surface area contributed by atoms with Crippen molar-refractivity contribution < 1.29 is 18.8 Å². The summed E-state index contributed by atoms with van der Waals surface area (Å²) in [6, 6.07) is 9.36. The Balaban J connectivity index is 2.17. The lowest BCUT2D eigenvalue weighted by atomic mass is 10.1. The van der Waals surface area contributed by atoms with E-state index >= 15 is 0 Å². The van der Waals surface area contributed by atoms with Crippen molar-refractivity contribution in [3.05, 3.63) is 64.0 Å². The number of carbonyl (C=O) groups excluding carboxylic acids is 1. The van der Waals surface area contributed by atoms with Gasteiger partial charge < -0.3 is 15.4 Å². The highest BCUT2D eigenvalue weighted by atomic mass is 19.1. The van der Waals surface area contributed by atoms with Crippen molar-refractivity contribution in [2.75, 3.05) is 30.9 Å². The number of nitrogens with zero attached hydrogens (tertiary/aromatic N) is 1. The van der Waals surface area contributed by atoms with Crippen molar-refractivity contribution in [1.82, 2.24) is 0 Å². The van der Waals surface area contributed by atoms with E-state index in [0.717, 1.165) is 0 Å². The normalized spacial score (nSPS) is 10.2. The van der Waals surface area contributed by atoms with Gasteiger partial charge >= 0.3 is 0 Å². The molecule has 0 aliphatic heterocycles. The Bertz CT molecular complexity index is 735. The summed E-state index contributed by atoms with van der Waals surface area (Å²) in [6.45, 7) is 0.794. The van der Waals surface area contributed by atoms with Gasteiger partial charge in [0.25, 0.3) is 11.6 Å². The number of rotatable bonds is 7. The van der Waals surface area contributed by atoms with Crippen LogP contribution in [0.15, 0.2) is 42.5 Å². The number of hydrogen-bond acceptors (Lipinski definition) is 5. The molecule has 0 aromatic heterocycles. The number of hydrogen-bond donors (Lipinski definition) is 2. The van der Waals surface area contributed by atoms with Gasteiger partial charge in [0.1, 0.15) is 11.5 Å². The number of carbonyl (C=O) groups is 1. The van der Waals surface area contributed by atoms with E-state index in [-0.39, 0.29) is 11.3 Å². The molecule has 8 heteroatoms. The molecular weight excluding hydrogens is 317 g/mol. The number of nitro benzene ring substituents is 1. The first-order valence-corrected chi connectivity index (χ1v) is 7.09. The average Bonchev–Trinajstić information content (AvgIpc) is 2.57. The van der Waals surface area contributed by atoms with Crippen LogP contribution in [0.4, 0.5) is 21.5 Å². The minimum absolute atomic E-state index is 0.128. The van der Waals surface area contributed by atoms with Crippen LogP contribution in [0.25, 0.3) is 0 Å². The van der Waals surface area contributed by atoms with E-state index in [9.17, 15) is 19.3 Å². The van der Waals surface area contributed by atoms with Crippen molar-refractivity contribution >= 4 is 23.0 Å². The van der Waals surface area contributed by atoms with Crippen LogP contribution in [0.1, 0.15) is 10.4 Å². The fraction of sp³-hybridized carbons (Fsp3) is 0.188. The zero-order valence-electron chi connectivity index (χ0n) is 12.9. The summed E-state index contributed by atoms with van der Waals surface area (Å²) >= 11 is 0. The number of nitro groups is 1. The Morgan fingerprint density at radius 3 is 2.58 bits per heavy atom. The fourth-order valence-corrected chi connectivity index (χ4v) is 2.00. The fourth-order valence-electron chi connectivity index (χ4n) is 2.00. The zero-order valence-corrected chi connectivity index (χ0v) is 12.9. The molecular formula is C16H16FN3O4. The van der Waals surface area contributed by atoms with Gasteiger partial charge in [-0.1, -0.05) is 0 Å². The van der Waals surface area contributed by atoms with Crippen molar-refractivity contribution in [2.45, 2.75) is 0 Å². The van der Waals surface area contributed by atoms with Crippen LogP contribution in [0, 0.1) is 15.9 Å². The van der Waals surface area contributed by atoms with Crippen LogP contribution >= 0.6 is 0 Å². The Morgan fingerprint density at radius 2 is 1.96 bits per heavy atom. The lowest BCUT2D eigenvalue weighted by Crippen LogP contribution is -2.13. The minimum Gasteiger partial charge on any atom is -0.383 e. The number of amides is 1. The molecule has 0 aliphatic carbocycles. The van der Waals surface area contributed by atoms with E-state index in [4.69, 9.17) is 4.74 Å². The maximum Gasteiger partial charge on any atom is 0.293 e. The monoisotopic (exact) mass is 333 g/mol. The van der Waals surface area contributed by atoms with Gasteiger partial charge in [-0.3, -0.25) is 14.9 Å². The van der Waals surface area contributed by atoms with Crippen molar-refractivity contribution in [3.8, 4) is 0 Å². The summed E-state index contributed by atoms with van der Waals surface area (Å²) in [5.41, 5.74) is 0.614. The Hall–Kier alpha value is -3.00. The number of anilines is 2. The third kappa shape index (κ3) is 4.50. The first-order chi connectivity index (χ1) is 11.5. The summed E-state index contributed by atoms with van der Waals surface area (Å²) in [5.74, 6) is -0.941. The molecule has 0 saturated carbocycles. The zero-order chi connectivity index (χ0) is 17.5. The number of halogens is 1. The van der Waals surface area contributed by atoms with Gasteiger partial charge in [0, 0.05) is 31.0 Å². The second-order valence-electron chi connectivity index (χ2n) is 4.87. The van der Waals surface area contributed by atoms with E-state index in [0.29, 0.717) is 24.5 Å². The summed E-state index contributed by atoms with van der Waals surface area (Å²) < 4.78 is 17.7. The van der Waals surface area contributed by atoms with Crippen molar-refractivity contribution in [1.29, 1.82) is 0 Å². The van der Waals surface area contributed by atoms with Crippen LogP contribution in [-0.2, 0) is 4.74 Å². The molecule has 0 spiro atoms. The van der Waals surface area contributed by atoms with E-state index in [1.807, 2.05) is 0 Å². The van der Waals surface area contributed by atoms with Gasteiger partial charge in [-0.05, 0) is 36.4 Å². The molecule has 2 rings (SSSR count). The van der Waals surface area contributed by atoms with E-state index < -0.39 is 16.6 Å². The standard InChI is InChI=1S/C16H16FN3O4/c1-24-9-8-18-14-7-2-11(10-15(14)20(22)23)16(21)19-13-5-3-12(17)4-6-13/h2-7,10,18H,8-9H2,1H3,(H,19,21). The largest absolute Gasteiger partial charge is 0.383 e. The molecule has 0 unspecified atom stereocenters. The highest BCUT2D eigenvalue weighted by molar-refractivity contribution is 6.05. The number of ether oxygens (including phenoxy) is 1. The van der Waals surface area contributed by atoms with Gasteiger partial charge in [0.15, 0.2) is 0 Å². The summed E-state index contributed by atoms with van der Waals surface area (Å²) in [6.07, 6.45) is 0. The van der Waals surface area contributed by atoms with Crippen LogP contribution < -0.4 is 10.6 Å². The third-order valence-electron chi connectivity index (χ3n) is 3.18. The topological polar surface area (TPSA) is 93.5 Å². The van der Waals surface area contributed by atoms with Crippen LogP contribution in [0.2, 0.25) is 0 Å². The molecule has 0 atom stereocenters. The van der Waals surface area contributed by atoms with Gasteiger partial charge in [-0.15, -0.1) is 0 Å². The molecule has 0 heterocycles. The first kappa shape index (κ1) is 17.4. The molecule has 2 aromatic rings. The third-order valence-corrected chi connectivity index (χ3v) is 3.18. The van der Waals surface area contributed by atoms with Gasteiger partial charge in [0.2, 0.25) is 0 Å². The van der Waals surface area contributed by atoms with Gasteiger partial charge in [-0.2, -0.15) is 0 Å². The van der Waals surface area contributed by atoms with Crippen molar-refractivity contribution in [3.63, 3.8) is 0 Å². The molecule has 24 heavy (non-hydrogen) atoms. The van der Waals surface area contributed by atoms with Crippen molar-refractivity contribution in [2.24, 2.45) is 0 Å². The quantitative estimate of drug-likeness (QED) is 0.461. The number of nitrogens with one attached hydrogen (secondary N) is 2. The Morgan fingerprint density at radius 1 is 1.25 bits per heavy atom. The minimum atomic E-state index is -0.566. The molecule has 126 valence electrons. The smallest absolute Gasteiger partial charge is 0.293 e. The lowest BCUT2D eigenvalue weighted by Gasteiger charge is -2.09. The molecule has 2 aromatic carbocycles.